The smallest absolute Gasteiger partial charge is 0.410 e. The summed E-state index contributed by atoms with van der Waals surface area (Å²) in [6.07, 6.45) is -0.829. The van der Waals surface area contributed by atoms with Crippen LogP contribution in [0.3, 0.4) is 0 Å². The van der Waals surface area contributed by atoms with Crippen LogP contribution >= 0.6 is 0 Å². The Morgan fingerprint density at radius 1 is 1.23 bits per heavy atom. The fraction of sp³-hybridized carbons (Fsp3) is 0.556. The minimum Gasteiger partial charge on any atom is -0.444 e. The van der Waals surface area contributed by atoms with Crippen LogP contribution in [0.25, 0.3) is 0 Å². The second kappa shape index (κ2) is 7.57. The minimum atomic E-state index is -3.25. The molecule has 0 spiro atoms. The van der Waals surface area contributed by atoms with Crippen LogP contribution in [0.5, 0.6) is 0 Å². The Kier molecular flexibility index (Phi) is 5.85. The molecule has 0 aromatic heterocycles. The molecule has 1 heterocycles. The van der Waals surface area contributed by atoms with Gasteiger partial charge < -0.3 is 14.5 Å². The van der Waals surface area contributed by atoms with E-state index < -0.39 is 36.2 Å². The minimum absolute atomic E-state index is 0.0508. The van der Waals surface area contributed by atoms with Crippen molar-refractivity contribution in [1.29, 1.82) is 0 Å². The summed E-state index contributed by atoms with van der Waals surface area (Å²) in [6.45, 7) is 4.31. The van der Waals surface area contributed by atoms with E-state index in [1.54, 1.807) is 51.1 Å². The molecule has 2 rings (SSSR count). The van der Waals surface area contributed by atoms with Gasteiger partial charge in [0.1, 0.15) is 11.6 Å². The van der Waals surface area contributed by atoms with Gasteiger partial charge in [-0.1, -0.05) is 18.2 Å². The van der Waals surface area contributed by atoms with Crippen LogP contribution in [0.15, 0.2) is 30.3 Å². The molecule has 0 aliphatic carbocycles. The summed E-state index contributed by atoms with van der Waals surface area (Å²) in [5.74, 6) is -3.96. The molecule has 1 aliphatic rings. The Morgan fingerprint density at radius 3 is 2.38 bits per heavy atom. The first-order valence-corrected chi connectivity index (χ1v) is 8.35. The predicted molar refractivity (Wildman–Crippen MR) is 90.8 cm³/mol. The number of rotatable bonds is 3. The number of carbonyl (C=O) groups is 2. The molecular formula is C18H24F2N2O4. The van der Waals surface area contributed by atoms with Crippen molar-refractivity contribution in [2.24, 2.45) is 0 Å². The van der Waals surface area contributed by atoms with Crippen LogP contribution in [0, 0.1) is 0 Å². The first kappa shape index (κ1) is 20.1. The number of hydroxylamine groups is 2. The molecule has 1 aromatic rings. The maximum absolute atomic E-state index is 14.5. The summed E-state index contributed by atoms with van der Waals surface area (Å²) in [6, 6.07) is 6.81. The van der Waals surface area contributed by atoms with Crippen molar-refractivity contribution in [1.82, 2.24) is 9.96 Å². The first-order chi connectivity index (χ1) is 12.0. The zero-order valence-electron chi connectivity index (χ0n) is 15.4. The molecule has 0 radical (unpaired) electrons. The van der Waals surface area contributed by atoms with Gasteiger partial charge in [-0.2, -0.15) is 0 Å². The monoisotopic (exact) mass is 370 g/mol. The topological polar surface area (TPSA) is 59.1 Å². The lowest BCUT2D eigenvalue weighted by molar-refractivity contribution is -0.207. The highest BCUT2D eigenvalue weighted by molar-refractivity contribution is 5.89. The van der Waals surface area contributed by atoms with Gasteiger partial charge in [0.2, 0.25) is 0 Å². The van der Waals surface area contributed by atoms with E-state index in [2.05, 4.69) is 0 Å². The Balaban J connectivity index is 1.99. The number of carbonyl (C=O) groups excluding carboxylic acids is 2. The number of hydrogen-bond acceptors (Lipinski definition) is 5. The molecule has 0 bridgehead atoms. The van der Waals surface area contributed by atoms with Crippen molar-refractivity contribution in [2.45, 2.75) is 44.8 Å². The molecule has 0 N–H and O–H groups in total. The van der Waals surface area contributed by atoms with Crippen LogP contribution in [0.2, 0.25) is 0 Å². The Bertz CT molecular complexity index is 646. The van der Waals surface area contributed by atoms with E-state index >= 15 is 0 Å². The summed E-state index contributed by atoms with van der Waals surface area (Å²) in [7, 11) is 1.29. The van der Waals surface area contributed by atoms with Gasteiger partial charge in [-0.25, -0.2) is 18.4 Å². The Hall–Kier alpha value is -2.22. The molecule has 26 heavy (non-hydrogen) atoms. The summed E-state index contributed by atoms with van der Waals surface area (Å²) < 4.78 is 34.2. The molecule has 144 valence electrons. The van der Waals surface area contributed by atoms with Crippen LogP contribution in [0.1, 0.15) is 37.6 Å². The number of likely N-dealkylation sites (tertiary alicyclic amines) is 1. The number of alkyl halides is 2. The summed E-state index contributed by atoms with van der Waals surface area (Å²) in [5, 5.41) is 0.877. The van der Waals surface area contributed by atoms with E-state index in [9.17, 15) is 18.4 Å². The standard InChI is InChI=1S/C18H24F2N2O4/c1-17(2,3)25-16(24)22-11-10-14(18(19,20)12-22)21(4)26-15(23)13-8-6-5-7-9-13/h5-9,14H,10-12H2,1-4H3/t14-/m0/s1. The zero-order valence-corrected chi connectivity index (χ0v) is 15.4. The molecule has 1 aromatic carbocycles. The molecule has 1 saturated heterocycles. The van der Waals surface area contributed by atoms with Crippen molar-refractivity contribution >= 4 is 12.1 Å². The molecule has 1 amide bonds. The lowest BCUT2D eigenvalue weighted by atomic mass is 10.0. The molecule has 1 atom stereocenters. The van der Waals surface area contributed by atoms with Gasteiger partial charge in [-0.15, -0.1) is 5.06 Å². The SMILES string of the molecule is CN(OC(=O)c1ccccc1)[C@H]1CCN(C(=O)OC(C)(C)C)CC1(F)F. The average molecular weight is 370 g/mol. The number of benzene rings is 1. The molecule has 1 aliphatic heterocycles. The predicted octanol–water partition coefficient (Wildman–Crippen LogP) is 3.33. The number of nitrogens with zero attached hydrogens (tertiary/aromatic N) is 2. The number of halogens is 2. The number of piperidine rings is 1. The van der Waals surface area contributed by atoms with Gasteiger partial charge in [0.05, 0.1) is 12.1 Å². The van der Waals surface area contributed by atoms with Crippen molar-refractivity contribution in [3.63, 3.8) is 0 Å². The lowest BCUT2D eigenvalue weighted by Crippen LogP contribution is -2.59. The molecular weight excluding hydrogens is 346 g/mol. The molecule has 6 nitrogen and oxygen atoms in total. The van der Waals surface area contributed by atoms with E-state index in [0.717, 1.165) is 9.96 Å². The summed E-state index contributed by atoms with van der Waals surface area (Å²) in [4.78, 5) is 30.1. The third-order valence-corrected chi connectivity index (χ3v) is 3.89. The van der Waals surface area contributed by atoms with Crippen molar-refractivity contribution in [3.8, 4) is 0 Å². The van der Waals surface area contributed by atoms with Crippen LogP contribution in [-0.4, -0.2) is 59.7 Å². The second-order valence-electron chi connectivity index (χ2n) is 7.26. The van der Waals surface area contributed by atoms with Gasteiger partial charge in [0, 0.05) is 13.6 Å². The molecule has 0 saturated carbocycles. The number of hydrogen-bond donors (Lipinski definition) is 0. The zero-order chi connectivity index (χ0) is 19.5. The lowest BCUT2D eigenvalue weighted by Gasteiger charge is -2.41. The molecule has 0 unspecified atom stereocenters. The number of amides is 1. The summed E-state index contributed by atoms with van der Waals surface area (Å²) in [5.41, 5.74) is -0.487. The van der Waals surface area contributed by atoms with E-state index in [4.69, 9.17) is 9.57 Å². The van der Waals surface area contributed by atoms with Crippen LogP contribution < -0.4 is 0 Å². The quantitative estimate of drug-likeness (QED) is 0.764. The van der Waals surface area contributed by atoms with Gasteiger partial charge in [-0.05, 0) is 39.3 Å². The van der Waals surface area contributed by atoms with Gasteiger partial charge in [0.25, 0.3) is 5.92 Å². The number of ether oxygens (including phenoxy) is 1. The van der Waals surface area contributed by atoms with Gasteiger partial charge in [0.15, 0.2) is 0 Å². The van der Waals surface area contributed by atoms with Crippen LogP contribution in [-0.2, 0) is 9.57 Å². The van der Waals surface area contributed by atoms with Crippen molar-refractivity contribution in [2.75, 3.05) is 20.1 Å². The third-order valence-electron chi connectivity index (χ3n) is 3.89. The van der Waals surface area contributed by atoms with E-state index in [1.165, 1.54) is 7.05 Å². The first-order valence-electron chi connectivity index (χ1n) is 8.35. The van der Waals surface area contributed by atoms with Crippen molar-refractivity contribution in [3.05, 3.63) is 35.9 Å². The fourth-order valence-electron chi connectivity index (χ4n) is 2.68. The average Bonchev–Trinajstić information content (AvgIpc) is 2.52. The molecule has 8 heteroatoms. The normalized spacial score (nSPS) is 20.0. The largest absolute Gasteiger partial charge is 0.444 e. The summed E-state index contributed by atoms with van der Waals surface area (Å²) >= 11 is 0. The van der Waals surface area contributed by atoms with Gasteiger partial charge >= 0.3 is 12.1 Å². The Labute approximate surface area is 151 Å². The third kappa shape index (κ3) is 5.14. The van der Waals surface area contributed by atoms with Crippen molar-refractivity contribution < 1.29 is 27.9 Å². The highest BCUT2D eigenvalue weighted by atomic mass is 19.3. The second-order valence-corrected chi connectivity index (χ2v) is 7.26. The van der Waals surface area contributed by atoms with E-state index in [-0.39, 0.29) is 18.5 Å². The maximum Gasteiger partial charge on any atom is 0.410 e. The van der Waals surface area contributed by atoms with E-state index in [0.29, 0.717) is 0 Å². The van der Waals surface area contributed by atoms with Crippen LogP contribution in [0.4, 0.5) is 13.6 Å². The van der Waals surface area contributed by atoms with E-state index in [1.807, 2.05) is 0 Å². The molecule has 1 fully saturated rings. The van der Waals surface area contributed by atoms with Gasteiger partial charge in [-0.3, -0.25) is 0 Å². The maximum atomic E-state index is 14.5. The Morgan fingerprint density at radius 2 is 1.85 bits per heavy atom. The highest BCUT2D eigenvalue weighted by Gasteiger charge is 2.49. The highest BCUT2D eigenvalue weighted by Crippen LogP contribution is 2.31. The fourth-order valence-corrected chi connectivity index (χ4v) is 2.68.